The summed E-state index contributed by atoms with van der Waals surface area (Å²) in [6.45, 7) is 2.19. The molecular formula is C8H14NOS-. The average molecular weight is 172 g/mol. The summed E-state index contributed by atoms with van der Waals surface area (Å²) in [6, 6.07) is 0. The minimum atomic E-state index is 0.840. The van der Waals surface area contributed by atoms with Crippen LogP contribution >= 0.6 is 0 Å². The quantitative estimate of drug-likeness (QED) is 0.462. The second kappa shape index (κ2) is 4.44. The van der Waals surface area contributed by atoms with E-state index in [0.717, 1.165) is 18.1 Å². The molecule has 2 nitrogen and oxygen atoms in total. The van der Waals surface area contributed by atoms with E-state index in [1.807, 2.05) is 0 Å². The molecule has 0 atom stereocenters. The third-order valence-electron chi connectivity index (χ3n) is 1.89. The van der Waals surface area contributed by atoms with E-state index in [0.29, 0.717) is 0 Å². The van der Waals surface area contributed by atoms with Gasteiger partial charge in [-0.25, -0.2) is 0 Å². The van der Waals surface area contributed by atoms with Crippen molar-refractivity contribution in [1.29, 1.82) is 0 Å². The van der Waals surface area contributed by atoms with Gasteiger partial charge in [0.15, 0.2) is 0 Å². The van der Waals surface area contributed by atoms with Crippen LogP contribution in [0.25, 0.3) is 0 Å². The second-order valence-electron chi connectivity index (χ2n) is 2.74. The fourth-order valence-electron chi connectivity index (χ4n) is 1.29. The lowest BCUT2D eigenvalue weighted by atomic mass is 10.1. The Labute approximate surface area is 73.6 Å². The van der Waals surface area contributed by atoms with E-state index >= 15 is 0 Å². The van der Waals surface area contributed by atoms with Crippen LogP contribution < -0.4 is 0 Å². The molecule has 3 heteroatoms. The van der Waals surface area contributed by atoms with Gasteiger partial charge in [0, 0.05) is 13.1 Å². The van der Waals surface area contributed by atoms with Crippen molar-refractivity contribution in [1.82, 2.24) is 4.90 Å². The molecule has 0 aromatic heterocycles. The Morgan fingerprint density at radius 1 is 1.36 bits per heavy atom. The first-order valence-corrected chi connectivity index (χ1v) is 4.40. The number of hydrogen-bond donors (Lipinski definition) is 0. The molecule has 1 aliphatic rings. The highest BCUT2D eigenvalue weighted by molar-refractivity contribution is 7.63. The SMILES string of the molecule is CO/C=C(\[S-])N1CCCCC1. The van der Waals surface area contributed by atoms with Gasteiger partial charge in [-0.15, -0.1) is 0 Å². The van der Waals surface area contributed by atoms with Crippen molar-refractivity contribution in [2.75, 3.05) is 20.2 Å². The van der Waals surface area contributed by atoms with Gasteiger partial charge in [0.25, 0.3) is 0 Å². The van der Waals surface area contributed by atoms with E-state index in [1.54, 1.807) is 13.4 Å². The molecule has 0 aliphatic carbocycles. The van der Waals surface area contributed by atoms with Crippen LogP contribution in [0.5, 0.6) is 0 Å². The zero-order valence-corrected chi connectivity index (χ0v) is 7.69. The van der Waals surface area contributed by atoms with E-state index in [4.69, 9.17) is 17.4 Å². The standard InChI is InChI=1S/C8H15NOS/c1-10-7-8(11)9-5-3-2-4-6-9/h7,11H,2-6H2,1H3/p-1/b8-7-. The summed E-state index contributed by atoms with van der Waals surface area (Å²) < 4.78 is 4.85. The number of likely N-dealkylation sites (tertiary alicyclic amines) is 1. The molecular weight excluding hydrogens is 158 g/mol. The van der Waals surface area contributed by atoms with Crippen molar-refractivity contribution in [3.63, 3.8) is 0 Å². The smallest absolute Gasteiger partial charge is 0.0788 e. The van der Waals surface area contributed by atoms with Gasteiger partial charge in [0.05, 0.1) is 13.4 Å². The molecule has 11 heavy (non-hydrogen) atoms. The Bertz CT molecular complexity index is 141. The van der Waals surface area contributed by atoms with Crippen molar-refractivity contribution in [3.05, 3.63) is 11.3 Å². The molecule has 1 aliphatic heterocycles. The number of rotatable bonds is 2. The topological polar surface area (TPSA) is 12.5 Å². The van der Waals surface area contributed by atoms with Crippen molar-refractivity contribution < 1.29 is 4.74 Å². The highest BCUT2D eigenvalue weighted by atomic mass is 32.1. The molecule has 1 heterocycles. The van der Waals surface area contributed by atoms with Crippen molar-refractivity contribution in [3.8, 4) is 0 Å². The van der Waals surface area contributed by atoms with E-state index in [2.05, 4.69) is 4.90 Å². The maximum absolute atomic E-state index is 5.12. The molecule has 0 N–H and O–H groups in total. The van der Waals surface area contributed by atoms with Crippen molar-refractivity contribution in [2.45, 2.75) is 19.3 Å². The molecule has 0 saturated carbocycles. The molecule has 0 amide bonds. The van der Waals surface area contributed by atoms with Crippen molar-refractivity contribution >= 4 is 12.6 Å². The summed E-state index contributed by atoms with van der Waals surface area (Å²) in [6.07, 6.45) is 5.50. The molecule has 0 unspecified atom stereocenters. The molecule has 0 bridgehead atoms. The molecule has 0 aromatic rings. The number of ether oxygens (including phenoxy) is 1. The molecule has 0 radical (unpaired) electrons. The first-order valence-electron chi connectivity index (χ1n) is 3.99. The number of piperidine rings is 1. The summed E-state index contributed by atoms with van der Waals surface area (Å²) in [7, 11) is 1.64. The fourth-order valence-corrected chi connectivity index (χ4v) is 1.57. The summed E-state index contributed by atoms with van der Waals surface area (Å²) in [5.41, 5.74) is 0. The lowest BCUT2D eigenvalue weighted by Gasteiger charge is -2.34. The van der Waals surface area contributed by atoms with Crippen LogP contribution in [-0.2, 0) is 17.4 Å². The Hall–Kier alpha value is -0.440. The lowest BCUT2D eigenvalue weighted by Crippen LogP contribution is -2.28. The molecule has 1 fully saturated rings. The largest absolute Gasteiger partial charge is 0.760 e. The zero-order chi connectivity index (χ0) is 8.10. The van der Waals surface area contributed by atoms with E-state index in [9.17, 15) is 0 Å². The minimum Gasteiger partial charge on any atom is -0.760 e. The van der Waals surface area contributed by atoms with Crippen LogP contribution in [0, 0.1) is 0 Å². The molecule has 64 valence electrons. The maximum atomic E-state index is 5.12. The van der Waals surface area contributed by atoms with Gasteiger partial charge in [-0.2, -0.15) is 0 Å². The van der Waals surface area contributed by atoms with Crippen molar-refractivity contribution in [2.24, 2.45) is 0 Å². The number of methoxy groups -OCH3 is 1. The Balaban J connectivity index is 2.38. The summed E-state index contributed by atoms with van der Waals surface area (Å²) >= 11 is 5.12. The van der Waals surface area contributed by atoms with Crippen LogP contribution in [-0.4, -0.2) is 25.1 Å². The molecule has 1 saturated heterocycles. The third kappa shape index (κ3) is 2.58. The lowest BCUT2D eigenvalue weighted by molar-refractivity contribution is 0.275. The van der Waals surface area contributed by atoms with Gasteiger partial charge in [0.1, 0.15) is 0 Å². The van der Waals surface area contributed by atoms with Gasteiger partial charge < -0.3 is 22.3 Å². The maximum Gasteiger partial charge on any atom is 0.0788 e. The second-order valence-corrected chi connectivity index (χ2v) is 3.16. The Kier molecular flexibility index (Phi) is 3.49. The molecule has 0 aromatic carbocycles. The molecule has 1 rings (SSSR count). The van der Waals surface area contributed by atoms with E-state index < -0.39 is 0 Å². The van der Waals surface area contributed by atoms with Gasteiger partial charge in [-0.3, -0.25) is 0 Å². The van der Waals surface area contributed by atoms with Gasteiger partial charge >= 0.3 is 0 Å². The summed E-state index contributed by atoms with van der Waals surface area (Å²) in [4.78, 5) is 2.20. The number of hydrogen-bond acceptors (Lipinski definition) is 3. The minimum absolute atomic E-state index is 0.840. The third-order valence-corrected chi connectivity index (χ3v) is 2.24. The normalized spacial score (nSPS) is 20.1. The number of nitrogens with zero attached hydrogens (tertiary/aromatic N) is 1. The predicted octanol–water partition coefficient (Wildman–Crippen LogP) is 1.46. The van der Waals surface area contributed by atoms with Crippen LogP contribution in [0.4, 0.5) is 0 Å². The van der Waals surface area contributed by atoms with Gasteiger partial charge in [0.2, 0.25) is 0 Å². The van der Waals surface area contributed by atoms with E-state index in [1.165, 1.54) is 19.3 Å². The van der Waals surface area contributed by atoms with Crippen LogP contribution in [0.1, 0.15) is 19.3 Å². The average Bonchev–Trinajstić information content (AvgIpc) is 2.07. The van der Waals surface area contributed by atoms with Gasteiger partial charge in [-0.05, 0) is 19.3 Å². The highest BCUT2D eigenvalue weighted by Crippen LogP contribution is 2.13. The Morgan fingerprint density at radius 3 is 2.55 bits per heavy atom. The summed E-state index contributed by atoms with van der Waals surface area (Å²) in [5, 5.41) is 0.840. The Morgan fingerprint density at radius 2 is 2.00 bits per heavy atom. The first kappa shape index (κ1) is 8.65. The van der Waals surface area contributed by atoms with Crippen LogP contribution in [0.2, 0.25) is 0 Å². The van der Waals surface area contributed by atoms with E-state index in [-0.39, 0.29) is 0 Å². The fraction of sp³-hybridized carbons (Fsp3) is 0.750. The zero-order valence-electron chi connectivity index (χ0n) is 6.88. The summed E-state index contributed by atoms with van der Waals surface area (Å²) in [5.74, 6) is 0. The monoisotopic (exact) mass is 172 g/mol. The van der Waals surface area contributed by atoms with Gasteiger partial charge in [-0.1, -0.05) is 5.03 Å². The molecule has 0 spiro atoms. The highest BCUT2D eigenvalue weighted by Gasteiger charge is 2.05. The predicted molar refractivity (Wildman–Crippen MR) is 47.9 cm³/mol. The van der Waals surface area contributed by atoms with Crippen LogP contribution in [0.15, 0.2) is 11.3 Å². The van der Waals surface area contributed by atoms with Crippen LogP contribution in [0.3, 0.4) is 0 Å². The first-order chi connectivity index (χ1) is 5.34.